The van der Waals surface area contributed by atoms with Crippen LogP contribution >= 0.6 is 0 Å². The number of benzene rings is 2. The largest absolute Gasteiger partial charge is 0.493 e. The fraction of sp³-hybridized carbons (Fsp3) is 0.240. The molecule has 2 atom stereocenters. The number of aromatic nitrogens is 1. The molecular formula is C25H24N4O4. The standard InChI is InChI=1S/C25H24N4O4/c1-25-13-20(19-9-4-10-21(32-2)22(19)33-25)28-24(31)29(25)18-8-3-7-17(12-18)23(30)27-15-16-6-5-11-26-14-16/h3-12,14,20H,13,15H2,1-2H3,(H,27,30)(H,28,31). The maximum atomic E-state index is 13.2. The molecule has 1 aromatic heterocycles. The number of urea groups is 1. The molecule has 0 spiro atoms. The lowest BCUT2D eigenvalue weighted by molar-refractivity contribution is 0.0349. The molecule has 1 fully saturated rings. The van der Waals surface area contributed by atoms with Gasteiger partial charge >= 0.3 is 6.03 Å². The second kappa shape index (κ2) is 8.12. The normalized spacial score (nSPS) is 20.8. The minimum absolute atomic E-state index is 0.191. The second-order valence-corrected chi connectivity index (χ2v) is 8.29. The number of carbonyl (C=O) groups excluding carboxylic acids is 2. The van der Waals surface area contributed by atoms with Gasteiger partial charge in [-0.2, -0.15) is 0 Å². The molecule has 3 aromatic rings. The number of nitrogens with one attached hydrogen (secondary N) is 2. The zero-order valence-electron chi connectivity index (χ0n) is 18.4. The number of rotatable bonds is 5. The van der Waals surface area contributed by atoms with Crippen molar-refractivity contribution in [1.82, 2.24) is 15.6 Å². The van der Waals surface area contributed by atoms with Gasteiger partial charge in [-0.05, 0) is 42.8 Å². The zero-order valence-corrected chi connectivity index (χ0v) is 18.4. The summed E-state index contributed by atoms with van der Waals surface area (Å²) in [6, 6.07) is 15.9. The van der Waals surface area contributed by atoms with E-state index in [4.69, 9.17) is 9.47 Å². The predicted octanol–water partition coefficient (Wildman–Crippen LogP) is 3.79. The maximum Gasteiger partial charge on any atom is 0.325 e. The van der Waals surface area contributed by atoms with Gasteiger partial charge in [0, 0.05) is 36.5 Å². The van der Waals surface area contributed by atoms with E-state index in [1.165, 1.54) is 0 Å². The van der Waals surface area contributed by atoms with Gasteiger partial charge in [-0.15, -0.1) is 0 Å². The Morgan fingerprint density at radius 3 is 2.91 bits per heavy atom. The summed E-state index contributed by atoms with van der Waals surface area (Å²) < 4.78 is 11.9. The van der Waals surface area contributed by atoms with Crippen LogP contribution in [0, 0.1) is 0 Å². The lowest BCUT2D eigenvalue weighted by atomic mass is 9.89. The number of anilines is 1. The summed E-state index contributed by atoms with van der Waals surface area (Å²) >= 11 is 0. The van der Waals surface area contributed by atoms with Crippen LogP contribution in [0.3, 0.4) is 0 Å². The van der Waals surface area contributed by atoms with Crippen molar-refractivity contribution < 1.29 is 19.1 Å². The molecule has 2 aliphatic heterocycles. The lowest BCUT2D eigenvalue weighted by Gasteiger charge is -2.50. The number of ether oxygens (including phenoxy) is 2. The van der Waals surface area contributed by atoms with Crippen LogP contribution in [0.25, 0.3) is 0 Å². The lowest BCUT2D eigenvalue weighted by Crippen LogP contribution is -2.65. The van der Waals surface area contributed by atoms with Crippen LogP contribution in [0.5, 0.6) is 11.5 Å². The van der Waals surface area contributed by atoms with Gasteiger partial charge in [-0.25, -0.2) is 4.79 Å². The van der Waals surface area contributed by atoms with Crippen molar-refractivity contribution in [2.24, 2.45) is 0 Å². The van der Waals surface area contributed by atoms with Crippen molar-refractivity contribution in [3.05, 3.63) is 83.7 Å². The van der Waals surface area contributed by atoms with Crippen LogP contribution in [0.15, 0.2) is 67.0 Å². The van der Waals surface area contributed by atoms with Gasteiger partial charge in [-0.1, -0.05) is 24.3 Å². The summed E-state index contributed by atoms with van der Waals surface area (Å²) in [5.74, 6) is 0.995. The zero-order chi connectivity index (χ0) is 23.0. The highest BCUT2D eigenvalue weighted by Crippen LogP contribution is 2.49. The second-order valence-electron chi connectivity index (χ2n) is 8.29. The monoisotopic (exact) mass is 444 g/mol. The Bertz CT molecular complexity index is 1220. The fourth-order valence-corrected chi connectivity index (χ4v) is 4.49. The quantitative estimate of drug-likeness (QED) is 0.625. The number of para-hydroxylation sites is 1. The summed E-state index contributed by atoms with van der Waals surface area (Å²) in [7, 11) is 1.59. The third kappa shape index (κ3) is 3.73. The van der Waals surface area contributed by atoms with E-state index in [2.05, 4.69) is 15.6 Å². The molecule has 5 rings (SSSR count). The average molecular weight is 444 g/mol. The summed E-state index contributed by atoms with van der Waals surface area (Å²) in [5.41, 5.74) is 1.87. The fourth-order valence-electron chi connectivity index (χ4n) is 4.49. The van der Waals surface area contributed by atoms with E-state index < -0.39 is 5.72 Å². The van der Waals surface area contributed by atoms with Crippen molar-refractivity contribution >= 4 is 17.6 Å². The van der Waals surface area contributed by atoms with Gasteiger partial charge < -0.3 is 20.1 Å². The summed E-state index contributed by atoms with van der Waals surface area (Å²) in [6.07, 6.45) is 3.94. The first-order valence-corrected chi connectivity index (χ1v) is 10.7. The Kier molecular flexibility index (Phi) is 5.12. The number of fused-ring (bicyclic) bond motifs is 4. The molecule has 0 radical (unpaired) electrons. The van der Waals surface area contributed by atoms with E-state index in [0.29, 0.717) is 35.7 Å². The Balaban J connectivity index is 1.42. The molecule has 8 nitrogen and oxygen atoms in total. The highest BCUT2D eigenvalue weighted by atomic mass is 16.5. The van der Waals surface area contributed by atoms with Crippen LogP contribution in [-0.4, -0.2) is 29.8 Å². The first-order chi connectivity index (χ1) is 16.0. The van der Waals surface area contributed by atoms with E-state index in [9.17, 15) is 9.59 Å². The summed E-state index contributed by atoms with van der Waals surface area (Å²) in [4.78, 5) is 31.6. The van der Waals surface area contributed by atoms with Gasteiger partial charge in [0.1, 0.15) is 0 Å². The number of carbonyl (C=O) groups is 2. The third-order valence-corrected chi connectivity index (χ3v) is 6.03. The van der Waals surface area contributed by atoms with E-state index in [0.717, 1.165) is 11.1 Å². The number of hydrogen-bond donors (Lipinski definition) is 2. The van der Waals surface area contributed by atoms with Gasteiger partial charge in [0.05, 0.1) is 18.8 Å². The Morgan fingerprint density at radius 1 is 1.27 bits per heavy atom. The van der Waals surface area contributed by atoms with Crippen molar-refractivity contribution in [2.75, 3.05) is 12.0 Å². The SMILES string of the molecule is COc1cccc2c1OC1(C)CC2NC(=O)N1c1cccc(C(=O)NCc2cccnc2)c1. The van der Waals surface area contributed by atoms with Crippen molar-refractivity contribution in [3.8, 4) is 11.5 Å². The Labute approximate surface area is 191 Å². The van der Waals surface area contributed by atoms with Gasteiger partial charge in [0.2, 0.25) is 0 Å². The highest BCUT2D eigenvalue weighted by molar-refractivity contribution is 5.99. The molecule has 2 bridgehead atoms. The molecule has 0 saturated carbocycles. The van der Waals surface area contributed by atoms with Crippen LogP contribution in [0.2, 0.25) is 0 Å². The van der Waals surface area contributed by atoms with Gasteiger partial charge in [0.25, 0.3) is 5.91 Å². The van der Waals surface area contributed by atoms with E-state index >= 15 is 0 Å². The molecule has 3 amide bonds. The van der Waals surface area contributed by atoms with Crippen LogP contribution in [0.4, 0.5) is 10.5 Å². The highest BCUT2D eigenvalue weighted by Gasteiger charge is 2.50. The van der Waals surface area contributed by atoms with Crippen molar-refractivity contribution in [2.45, 2.75) is 31.7 Å². The number of hydrogen-bond acceptors (Lipinski definition) is 5. The minimum atomic E-state index is -0.945. The van der Waals surface area contributed by atoms with E-state index in [-0.39, 0.29) is 18.0 Å². The first kappa shape index (κ1) is 20.8. The Morgan fingerprint density at radius 2 is 2.12 bits per heavy atom. The molecule has 2 N–H and O–H groups in total. The molecule has 1 saturated heterocycles. The number of pyridine rings is 1. The van der Waals surface area contributed by atoms with E-state index in [1.54, 1.807) is 48.7 Å². The van der Waals surface area contributed by atoms with Crippen LogP contribution in [-0.2, 0) is 6.54 Å². The molecule has 2 aromatic carbocycles. The molecule has 0 aliphatic carbocycles. The average Bonchev–Trinajstić information content (AvgIpc) is 2.82. The molecule has 33 heavy (non-hydrogen) atoms. The molecule has 168 valence electrons. The van der Waals surface area contributed by atoms with Crippen LogP contribution in [0.1, 0.15) is 40.9 Å². The molecular weight excluding hydrogens is 420 g/mol. The summed E-state index contributed by atoms with van der Waals surface area (Å²) in [6.45, 7) is 2.24. The number of amides is 3. The van der Waals surface area contributed by atoms with Gasteiger partial charge in [-0.3, -0.25) is 14.7 Å². The maximum absolute atomic E-state index is 13.2. The number of methoxy groups -OCH3 is 1. The topological polar surface area (TPSA) is 92.8 Å². The van der Waals surface area contributed by atoms with Gasteiger partial charge in [0.15, 0.2) is 17.2 Å². The number of nitrogens with zero attached hydrogens (tertiary/aromatic N) is 2. The molecule has 3 heterocycles. The molecule has 2 unspecified atom stereocenters. The van der Waals surface area contributed by atoms with Crippen LogP contribution < -0.4 is 25.0 Å². The van der Waals surface area contributed by atoms with Crippen molar-refractivity contribution in [3.63, 3.8) is 0 Å². The molecule has 8 heteroatoms. The summed E-state index contributed by atoms with van der Waals surface area (Å²) in [5, 5.41) is 5.96. The van der Waals surface area contributed by atoms with E-state index in [1.807, 2.05) is 37.3 Å². The smallest absolute Gasteiger partial charge is 0.325 e. The Hall–Kier alpha value is -4.07. The predicted molar refractivity (Wildman–Crippen MR) is 122 cm³/mol. The third-order valence-electron chi connectivity index (χ3n) is 6.03. The van der Waals surface area contributed by atoms with Crippen molar-refractivity contribution in [1.29, 1.82) is 0 Å². The molecule has 2 aliphatic rings. The minimum Gasteiger partial charge on any atom is -0.493 e. The first-order valence-electron chi connectivity index (χ1n) is 10.7.